The van der Waals surface area contributed by atoms with Gasteiger partial charge in [0.05, 0.1) is 24.8 Å². The van der Waals surface area contributed by atoms with Gasteiger partial charge in [-0.05, 0) is 67.3 Å². The topological polar surface area (TPSA) is 175 Å². The first-order valence-electron chi connectivity index (χ1n) is 17.4. The van der Waals surface area contributed by atoms with Crippen molar-refractivity contribution in [3.05, 3.63) is 101 Å². The molecular formula is C39H50N4O8. The maximum Gasteiger partial charge on any atom is 0.407 e. The van der Waals surface area contributed by atoms with Crippen molar-refractivity contribution in [2.24, 2.45) is 5.73 Å². The summed E-state index contributed by atoms with van der Waals surface area (Å²) in [7, 11) is 1.44. The lowest BCUT2D eigenvalue weighted by Crippen LogP contribution is -2.41. The largest absolute Gasteiger partial charge is 0.496 e. The number of benzene rings is 3. The van der Waals surface area contributed by atoms with Crippen LogP contribution in [0.1, 0.15) is 78.9 Å². The lowest BCUT2D eigenvalue weighted by Gasteiger charge is -2.19. The van der Waals surface area contributed by atoms with E-state index in [4.69, 9.17) is 19.9 Å². The summed E-state index contributed by atoms with van der Waals surface area (Å²) >= 11 is 0. The molecule has 0 spiro atoms. The number of hydrogen-bond donors (Lipinski definition) is 4. The van der Waals surface area contributed by atoms with Gasteiger partial charge < -0.3 is 35.9 Å². The molecule has 3 aromatic carbocycles. The molecule has 0 saturated heterocycles. The molecule has 0 radical (unpaired) electrons. The number of nitrogens with one attached hydrogen (secondary N) is 3. The quantitative estimate of drug-likeness (QED) is 0.0999. The van der Waals surface area contributed by atoms with Crippen molar-refractivity contribution in [2.45, 2.75) is 83.6 Å². The standard InChI is InChI=1S/C39H50N4O8/c1-3-34(44)33(19-11-13-23-42-39(48)51-27-29-16-8-5-9-17-29)43-37(46)31-24-30(20-21-36(31)49-2)25-35(45)32(40)18-10-12-22-41-38(47)50-26-28-14-6-4-7-15-28/h4-9,14-17,20-21,24,32-33H,3,10-13,18-19,22-23,25-27,40H2,1-2H3,(H,41,47)(H,42,48)(H,43,46)/t32-,33-/m0/s1. The van der Waals surface area contributed by atoms with E-state index in [0.717, 1.165) is 11.1 Å². The van der Waals surface area contributed by atoms with Crippen molar-refractivity contribution in [2.75, 3.05) is 20.2 Å². The molecule has 3 amide bonds. The molecule has 0 unspecified atom stereocenters. The third-order valence-electron chi connectivity index (χ3n) is 8.17. The molecule has 12 nitrogen and oxygen atoms in total. The first-order valence-corrected chi connectivity index (χ1v) is 17.4. The number of nitrogens with two attached hydrogens (primary N) is 1. The Morgan fingerprint density at radius 3 is 1.76 bits per heavy atom. The van der Waals surface area contributed by atoms with Gasteiger partial charge >= 0.3 is 12.2 Å². The normalized spacial score (nSPS) is 11.8. The van der Waals surface area contributed by atoms with E-state index in [1.807, 2.05) is 60.7 Å². The number of Topliss-reactive ketones (excluding diaryl/α,β-unsaturated/α-hetero) is 2. The summed E-state index contributed by atoms with van der Waals surface area (Å²) in [5.41, 5.74) is 8.76. The fraction of sp³-hybridized carbons (Fsp3) is 0.410. The highest BCUT2D eigenvalue weighted by molar-refractivity contribution is 6.00. The van der Waals surface area contributed by atoms with E-state index < -0.39 is 30.2 Å². The summed E-state index contributed by atoms with van der Waals surface area (Å²) in [6, 6.07) is 22.2. The number of ketones is 2. The molecule has 3 aromatic rings. The second-order valence-corrected chi connectivity index (χ2v) is 12.1. The minimum atomic E-state index is -0.726. The van der Waals surface area contributed by atoms with Crippen LogP contribution in [0.3, 0.4) is 0 Å². The molecule has 0 aliphatic rings. The zero-order valence-corrected chi connectivity index (χ0v) is 29.5. The summed E-state index contributed by atoms with van der Waals surface area (Å²) in [6.07, 6.45) is 2.48. The zero-order valence-electron chi connectivity index (χ0n) is 29.5. The van der Waals surface area contributed by atoms with Crippen molar-refractivity contribution in [1.29, 1.82) is 0 Å². The molecule has 0 saturated carbocycles. The van der Waals surface area contributed by atoms with E-state index in [9.17, 15) is 24.0 Å². The van der Waals surface area contributed by atoms with Crippen LogP contribution in [0.4, 0.5) is 9.59 Å². The minimum absolute atomic E-state index is 0.0214. The predicted octanol–water partition coefficient (Wildman–Crippen LogP) is 5.41. The van der Waals surface area contributed by atoms with Gasteiger partial charge in [0.1, 0.15) is 19.0 Å². The van der Waals surface area contributed by atoms with E-state index >= 15 is 0 Å². The highest BCUT2D eigenvalue weighted by atomic mass is 16.6. The lowest BCUT2D eigenvalue weighted by atomic mass is 9.98. The van der Waals surface area contributed by atoms with Gasteiger partial charge in [0.15, 0.2) is 11.6 Å². The Morgan fingerprint density at radius 1 is 0.686 bits per heavy atom. The molecule has 5 N–H and O–H groups in total. The van der Waals surface area contributed by atoms with E-state index in [-0.39, 0.29) is 43.2 Å². The molecule has 2 atom stereocenters. The second-order valence-electron chi connectivity index (χ2n) is 12.1. The molecule has 0 aromatic heterocycles. The van der Waals surface area contributed by atoms with E-state index in [1.165, 1.54) is 7.11 Å². The van der Waals surface area contributed by atoms with Crippen LogP contribution in [0.5, 0.6) is 5.75 Å². The van der Waals surface area contributed by atoms with Crippen LogP contribution in [0.25, 0.3) is 0 Å². The lowest BCUT2D eigenvalue weighted by molar-refractivity contribution is -0.121. The molecule has 0 fully saturated rings. The number of carbonyl (C=O) groups excluding carboxylic acids is 5. The number of rotatable bonds is 22. The number of hydrogen-bond acceptors (Lipinski definition) is 9. The summed E-state index contributed by atoms with van der Waals surface area (Å²) in [4.78, 5) is 63.0. The number of carbonyl (C=O) groups is 5. The SMILES string of the molecule is CCC(=O)[C@H](CCCCNC(=O)OCc1ccccc1)NC(=O)c1cc(CC(=O)[C@@H](N)CCCCNC(=O)OCc2ccccc2)ccc1OC. The van der Waals surface area contributed by atoms with E-state index in [2.05, 4.69) is 16.0 Å². The molecular weight excluding hydrogens is 652 g/mol. The Labute approximate surface area is 299 Å². The third-order valence-corrected chi connectivity index (χ3v) is 8.17. The first kappa shape index (κ1) is 40.2. The van der Waals surface area contributed by atoms with Gasteiger partial charge in [0, 0.05) is 25.9 Å². The van der Waals surface area contributed by atoms with Gasteiger partial charge in [-0.2, -0.15) is 0 Å². The van der Waals surface area contributed by atoms with Gasteiger partial charge in [0.25, 0.3) is 5.91 Å². The Balaban J connectivity index is 1.41. The van der Waals surface area contributed by atoms with E-state index in [1.54, 1.807) is 25.1 Å². The Bertz CT molecular complexity index is 1550. The molecule has 0 aliphatic carbocycles. The third kappa shape index (κ3) is 15.0. The van der Waals surface area contributed by atoms with Gasteiger partial charge in [-0.15, -0.1) is 0 Å². The van der Waals surface area contributed by atoms with Gasteiger partial charge in [-0.3, -0.25) is 14.4 Å². The van der Waals surface area contributed by atoms with Crippen LogP contribution in [0, 0.1) is 0 Å². The fourth-order valence-electron chi connectivity index (χ4n) is 5.22. The predicted molar refractivity (Wildman–Crippen MR) is 193 cm³/mol. The highest BCUT2D eigenvalue weighted by Gasteiger charge is 2.23. The maximum absolute atomic E-state index is 13.4. The van der Waals surface area contributed by atoms with Crippen molar-refractivity contribution in [3.63, 3.8) is 0 Å². The molecule has 274 valence electrons. The molecule has 3 rings (SSSR count). The van der Waals surface area contributed by atoms with Gasteiger partial charge in [0.2, 0.25) is 0 Å². The molecule has 0 heterocycles. The van der Waals surface area contributed by atoms with Gasteiger partial charge in [-0.25, -0.2) is 9.59 Å². The number of ether oxygens (including phenoxy) is 3. The number of methoxy groups -OCH3 is 1. The Kier molecular flexibility index (Phi) is 17.7. The summed E-state index contributed by atoms with van der Waals surface area (Å²) in [5.74, 6) is -0.481. The van der Waals surface area contributed by atoms with Crippen LogP contribution in [-0.2, 0) is 38.7 Å². The smallest absolute Gasteiger partial charge is 0.407 e. The van der Waals surface area contributed by atoms with Crippen LogP contribution < -0.4 is 26.4 Å². The van der Waals surface area contributed by atoms with Crippen LogP contribution >= 0.6 is 0 Å². The zero-order chi connectivity index (χ0) is 36.8. The van der Waals surface area contributed by atoms with Crippen LogP contribution in [0.2, 0.25) is 0 Å². The molecule has 0 aliphatic heterocycles. The monoisotopic (exact) mass is 702 g/mol. The van der Waals surface area contributed by atoms with Crippen LogP contribution in [-0.4, -0.2) is 61.9 Å². The number of alkyl carbamates (subject to hydrolysis) is 2. The Hall–Kier alpha value is -5.23. The second kappa shape index (κ2) is 22.5. The van der Waals surface area contributed by atoms with E-state index in [0.29, 0.717) is 62.9 Å². The molecule has 0 bridgehead atoms. The minimum Gasteiger partial charge on any atom is -0.496 e. The Morgan fingerprint density at radius 2 is 1.24 bits per heavy atom. The van der Waals surface area contributed by atoms with Crippen molar-refractivity contribution in [1.82, 2.24) is 16.0 Å². The average Bonchev–Trinajstić information content (AvgIpc) is 3.15. The number of amides is 3. The van der Waals surface area contributed by atoms with Crippen LogP contribution in [0.15, 0.2) is 78.9 Å². The highest BCUT2D eigenvalue weighted by Crippen LogP contribution is 2.21. The summed E-state index contributed by atoms with van der Waals surface area (Å²) in [5, 5.41) is 8.24. The maximum atomic E-state index is 13.4. The first-order chi connectivity index (χ1) is 24.7. The average molecular weight is 703 g/mol. The van der Waals surface area contributed by atoms with Crippen molar-refractivity contribution in [3.8, 4) is 5.75 Å². The number of unbranched alkanes of at least 4 members (excludes halogenated alkanes) is 2. The molecule has 12 heteroatoms. The molecule has 51 heavy (non-hydrogen) atoms. The van der Waals surface area contributed by atoms with Gasteiger partial charge in [-0.1, -0.05) is 73.7 Å². The summed E-state index contributed by atoms with van der Waals surface area (Å²) in [6.45, 7) is 2.86. The van der Waals surface area contributed by atoms with Crippen molar-refractivity contribution < 1.29 is 38.2 Å². The fourth-order valence-corrected chi connectivity index (χ4v) is 5.22. The van der Waals surface area contributed by atoms with Crippen molar-refractivity contribution >= 4 is 29.7 Å². The summed E-state index contributed by atoms with van der Waals surface area (Å²) < 4.78 is 15.8.